The minimum absolute atomic E-state index is 0.0842. The Bertz CT molecular complexity index is 538. The van der Waals surface area contributed by atoms with Crippen LogP contribution < -0.4 is 5.32 Å². The number of rotatable bonds is 3. The Hall–Kier alpha value is -1.88. The van der Waals surface area contributed by atoms with Gasteiger partial charge in [-0.15, -0.1) is 0 Å². The molecule has 0 amide bonds. The lowest BCUT2D eigenvalue weighted by atomic mass is 9.92. The van der Waals surface area contributed by atoms with Gasteiger partial charge in [-0.05, 0) is 49.1 Å². The topological polar surface area (TPSA) is 86.6 Å². The molecule has 5 nitrogen and oxygen atoms in total. The molecule has 1 aromatic rings. The third-order valence-electron chi connectivity index (χ3n) is 3.81. The molecular weight excluding hydrogens is 246 g/mol. The van der Waals surface area contributed by atoms with Gasteiger partial charge in [0, 0.05) is 12.6 Å². The van der Waals surface area contributed by atoms with Gasteiger partial charge in [0.2, 0.25) is 0 Å². The highest BCUT2D eigenvalue weighted by molar-refractivity contribution is 5.88. The first kappa shape index (κ1) is 13.5. The molecule has 3 N–H and O–H groups in total. The minimum Gasteiger partial charge on any atom is -0.481 e. The maximum Gasteiger partial charge on any atom is 0.335 e. The van der Waals surface area contributed by atoms with E-state index in [0.717, 1.165) is 16.7 Å². The summed E-state index contributed by atoms with van der Waals surface area (Å²) < 4.78 is 0. The van der Waals surface area contributed by atoms with Crippen molar-refractivity contribution < 1.29 is 19.8 Å². The first-order valence-corrected chi connectivity index (χ1v) is 6.20. The van der Waals surface area contributed by atoms with Crippen molar-refractivity contribution in [3.05, 3.63) is 34.4 Å². The number of carboxylic acid groups (broad SMARTS) is 2. The van der Waals surface area contributed by atoms with E-state index in [9.17, 15) is 9.59 Å². The summed E-state index contributed by atoms with van der Waals surface area (Å²) in [6.45, 7) is 4.23. The van der Waals surface area contributed by atoms with Crippen molar-refractivity contribution in [1.29, 1.82) is 0 Å². The van der Waals surface area contributed by atoms with Gasteiger partial charge >= 0.3 is 11.9 Å². The van der Waals surface area contributed by atoms with Crippen LogP contribution in [0.15, 0.2) is 12.1 Å². The SMILES string of the molecule is Cc1cc(C(=O)O)cc(C2CC(C(=O)O)CN2)c1C. The predicted molar refractivity (Wildman–Crippen MR) is 69.4 cm³/mol. The zero-order chi connectivity index (χ0) is 14.2. The summed E-state index contributed by atoms with van der Waals surface area (Å²) in [4.78, 5) is 22.1. The molecule has 2 rings (SSSR count). The number of carboxylic acids is 2. The Morgan fingerprint density at radius 3 is 2.47 bits per heavy atom. The highest BCUT2D eigenvalue weighted by Crippen LogP contribution is 2.31. The number of aliphatic carboxylic acids is 1. The molecule has 5 heteroatoms. The first-order chi connectivity index (χ1) is 8.90. The lowest BCUT2D eigenvalue weighted by Gasteiger charge is -2.16. The van der Waals surface area contributed by atoms with E-state index in [4.69, 9.17) is 10.2 Å². The molecule has 1 aliphatic heterocycles. The molecule has 0 saturated carbocycles. The summed E-state index contributed by atoms with van der Waals surface area (Å²) in [5.74, 6) is -2.17. The Labute approximate surface area is 111 Å². The highest BCUT2D eigenvalue weighted by atomic mass is 16.4. The zero-order valence-electron chi connectivity index (χ0n) is 10.9. The normalized spacial score (nSPS) is 22.4. The summed E-state index contributed by atoms with van der Waals surface area (Å²) in [5, 5.41) is 21.3. The number of nitrogens with one attached hydrogen (secondary N) is 1. The van der Waals surface area contributed by atoms with Crippen molar-refractivity contribution in [2.45, 2.75) is 26.3 Å². The van der Waals surface area contributed by atoms with Crippen LogP contribution in [0.1, 0.15) is 39.5 Å². The molecule has 1 heterocycles. The van der Waals surface area contributed by atoms with Crippen LogP contribution in [0.2, 0.25) is 0 Å². The number of hydrogen-bond acceptors (Lipinski definition) is 3. The maximum atomic E-state index is 11.1. The van der Waals surface area contributed by atoms with Gasteiger partial charge in [-0.25, -0.2) is 4.79 Å². The lowest BCUT2D eigenvalue weighted by molar-refractivity contribution is -0.141. The molecule has 1 aromatic carbocycles. The van der Waals surface area contributed by atoms with Crippen LogP contribution in [-0.4, -0.2) is 28.7 Å². The third-order valence-corrected chi connectivity index (χ3v) is 3.81. The molecule has 1 aliphatic rings. The largest absolute Gasteiger partial charge is 0.481 e. The van der Waals surface area contributed by atoms with Gasteiger partial charge in [0.15, 0.2) is 0 Å². The summed E-state index contributed by atoms with van der Waals surface area (Å²) in [6, 6.07) is 3.20. The molecule has 102 valence electrons. The fraction of sp³-hybridized carbons (Fsp3) is 0.429. The number of carbonyl (C=O) groups is 2. The maximum absolute atomic E-state index is 11.1. The fourth-order valence-corrected chi connectivity index (χ4v) is 2.53. The molecule has 1 saturated heterocycles. The zero-order valence-corrected chi connectivity index (χ0v) is 10.9. The second kappa shape index (κ2) is 5.01. The highest BCUT2D eigenvalue weighted by Gasteiger charge is 2.31. The van der Waals surface area contributed by atoms with E-state index in [0.29, 0.717) is 13.0 Å². The smallest absolute Gasteiger partial charge is 0.335 e. The van der Waals surface area contributed by atoms with Gasteiger partial charge in [0.1, 0.15) is 0 Å². The average molecular weight is 263 g/mol. The van der Waals surface area contributed by atoms with Gasteiger partial charge in [-0.3, -0.25) is 4.79 Å². The van der Waals surface area contributed by atoms with Crippen molar-refractivity contribution in [1.82, 2.24) is 5.32 Å². The van der Waals surface area contributed by atoms with E-state index >= 15 is 0 Å². The van der Waals surface area contributed by atoms with Gasteiger partial charge < -0.3 is 15.5 Å². The van der Waals surface area contributed by atoms with E-state index in [-0.39, 0.29) is 11.6 Å². The number of aryl methyl sites for hydroxylation is 1. The van der Waals surface area contributed by atoms with E-state index in [1.54, 1.807) is 12.1 Å². The summed E-state index contributed by atoms with van der Waals surface area (Å²) in [5.41, 5.74) is 3.07. The van der Waals surface area contributed by atoms with Crippen LogP contribution in [0.25, 0.3) is 0 Å². The molecule has 0 aromatic heterocycles. The number of benzene rings is 1. The van der Waals surface area contributed by atoms with Crippen molar-refractivity contribution in [3.63, 3.8) is 0 Å². The molecule has 1 fully saturated rings. The Morgan fingerprint density at radius 2 is 1.95 bits per heavy atom. The van der Waals surface area contributed by atoms with Gasteiger partial charge in [-0.2, -0.15) is 0 Å². The first-order valence-electron chi connectivity index (χ1n) is 6.20. The summed E-state index contributed by atoms with van der Waals surface area (Å²) in [7, 11) is 0. The molecule has 2 atom stereocenters. The molecule has 0 bridgehead atoms. The van der Waals surface area contributed by atoms with Crippen LogP contribution in [-0.2, 0) is 4.79 Å². The molecule has 0 aliphatic carbocycles. The van der Waals surface area contributed by atoms with Gasteiger partial charge in [0.05, 0.1) is 11.5 Å². The van der Waals surface area contributed by atoms with Gasteiger partial charge in [0.25, 0.3) is 0 Å². The second-order valence-electron chi connectivity index (χ2n) is 5.04. The molecule has 0 radical (unpaired) electrons. The molecule has 0 spiro atoms. The Kier molecular flexibility index (Phi) is 3.57. The van der Waals surface area contributed by atoms with E-state index in [1.165, 1.54) is 0 Å². The minimum atomic E-state index is -0.961. The standard InChI is InChI=1S/C14H17NO4/c1-7-3-9(13(16)17)4-11(8(7)2)12-5-10(6-15-12)14(18)19/h3-4,10,12,15H,5-6H2,1-2H3,(H,16,17)(H,18,19). The van der Waals surface area contributed by atoms with Gasteiger partial charge in [-0.1, -0.05) is 0 Å². The Balaban J connectivity index is 2.35. The van der Waals surface area contributed by atoms with Crippen LogP contribution in [0, 0.1) is 19.8 Å². The van der Waals surface area contributed by atoms with E-state index in [1.807, 2.05) is 13.8 Å². The van der Waals surface area contributed by atoms with Crippen LogP contribution in [0.5, 0.6) is 0 Å². The molecular formula is C14H17NO4. The van der Waals surface area contributed by atoms with Crippen molar-refractivity contribution in [2.24, 2.45) is 5.92 Å². The van der Waals surface area contributed by atoms with Crippen LogP contribution >= 0.6 is 0 Å². The van der Waals surface area contributed by atoms with Crippen molar-refractivity contribution >= 4 is 11.9 Å². The lowest BCUT2D eigenvalue weighted by Crippen LogP contribution is -2.18. The van der Waals surface area contributed by atoms with E-state index < -0.39 is 17.9 Å². The number of hydrogen-bond donors (Lipinski definition) is 3. The fourth-order valence-electron chi connectivity index (χ4n) is 2.53. The third kappa shape index (κ3) is 2.61. The summed E-state index contributed by atoms with van der Waals surface area (Å²) >= 11 is 0. The van der Waals surface area contributed by atoms with Crippen LogP contribution in [0.3, 0.4) is 0 Å². The van der Waals surface area contributed by atoms with E-state index in [2.05, 4.69) is 5.32 Å². The van der Waals surface area contributed by atoms with Crippen molar-refractivity contribution in [3.8, 4) is 0 Å². The number of aromatic carboxylic acids is 1. The molecule has 19 heavy (non-hydrogen) atoms. The van der Waals surface area contributed by atoms with Crippen LogP contribution in [0.4, 0.5) is 0 Å². The summed E-state index contributed by atoms with van der Waals surface area (Å²) in [6.07, 6.45) is 0.499. The average Bonchev–Trinajstić information content (AvgIpc) is 2.81. The quantitative estimate of drug-likeness (QED) is 0.773. The Morgan fingerprint density at radius 1 is 1.26 bits per heavy atom. The molecule has 2 unspecified atom stereocenters. The second-order valence-corrected chi connectivity index (χ2v) is 5.04. The monoisotopic (exact) mass is 263 g/mol. The van der Waals surface area contributed by atoms with Crippen molar-refractivity contribution in [2.75, 3.05) is 6.54 Å². The predicted octanol–water partition coefficient (Wildman–Crippen LogP) is 1.74.